The van der Waals surface area contributed by atoms with Gasteiger partial charge in [0.1, 0.15) is 0 Å². The summed E-state index contributed by atoms with van der Waals surface area (Å²) in [5.74, 6) is -1.09. The molecule has 0 saturated carbocycles. The Hall–Kier alpha value is -2.90. The molecular weight excluding hydrogens is 351 g/mol. The molecule has 0 fully saturated rings. The van der Waals surface area contributed by atoms with Crippen LogP contribution in [0.4, 0.5) is 13.2 Å². The van der Waals surface area contributed by atoms with Crippen molar-refractivity contribution < 1.29 is 32.2 Å². The summed E-state index contributed by atoms with van der Waals surface area (Å²) in [4.78, 5) is 12.4. The molecule has 0 bridgehead atoms. The molecule has 1 amide bonds. The highest BCUT2D eigenvalue weighted by Gasteiger charge is 2.17. The zero-order valence-corrected chi connectivity index (χ0v) is 14.4. The Morgan fingerprint density at radius 3 is 2.23 bits per heavy atom. The van der Waals surface area contributed by atoms with Crippen molar-refractivity contribution in [3.8, 4) is 17.2 Å². The molecule has 2 rings (SSSR count). The molecule has 0 spiro atoms. The van der Waals surface area contributed by atoms with Gasteiger partial charge in [-0.25, -0.2) is 4.39 Å². The Morgan fingerprint density at radius 1 is 1.00 bits per heavy atom. The number of carbonyl (C=O) groups is 1. The minimum Gasteiger partial charge on any atom is -0.494 e. The Kier molecular flexibility index (Phi) is 6.32. The van der Waals surface area contributed by atoms with Crippen molar-refractivity contribution in [1.29, 1.82) is 0 Å². The lowest BCUT2D eigenvalue weighted by Crippen LogP contribution is -2.26. The fourth-order valence-corrected chi connectivity index (χ4v) is 2.32. The van der Waals surface area contributed by atoms with E-state index in [0.29, 0.717) is 5.56 Å². The van der Waals surface area contributed by atoms with Crippen LogP contribution in [-0.2, 0) is 0 Å². The van der Waals surface area contributed by atoms with E-state index in [-0.39, 0.29) is 22.8 Å². The summed E-state index contributed by atoms with van der Waals surface area (Å²) in [6.45, 7) is -1.32. The summed E-state index contributed by atoms with van der Waals surface area (Å²) < 4.78 is 52.6. The monoisotopic (exact) mass is 369 g/mol. The van der Waals surface area contributed by atoms with Crippen LogP contribution in [0.3, 0.4) is 0 Å². The number of hydrogen-bond acceptors (Lipinski definition) is 4. The van der Waals surface area contributed by atoms with Gasteiger partial charge in [0.05, 0.1) is 20.3 Å². The SMILES string of the molecule is COc1ccc(C(C)NC(=O)c2ccc(OC(F)F)c(OC)c2)cc1F. The summed E-state index contributed by atoms with van der Waals surface area (Å²) in [7, 11) is 2.64. The lowest BCUT2D eigenvalue weighted by molar-refractivity contribution is -0.0512. The van der Waals surface area contributed by atoms with Gasteiger partial charge in [-0.1, -0.05) is 6.07 Å². The predicted molar refractivity (Wildman–Crippen MR) is 88.5 cm³/mol. The van der Waals surface area contributed by atoms with E-state index in [1.807, 2.05) is 0 Å². The molecule has 0 aromatic heterocycles. The molecule has 1 atom stereocenters. The maximum absolute atomic E-state index is 13.8. The van der Waals surface area contributed by atoms with E-state index >= 15 is 0 Å². The van der Waals surface area contributed by atoms with E-state index in [2.05, 4.69) is 10.1 Å². The van der Waals surface area contributed by atoms with Gasteiger partial charge in [0.15, 0.2) is 23.1 Å². The smallest absolute Gasteiger partial charge is 0.387 e. The van der Waals surface area contributed by atoms with Crippen LogP contribution in [-0.4, -0.2) is 26.7 Å². The van der Waals surface area contributed by atoms with Gasteiger partial charge >= 0.3 is 6.61 Å². The maximum Gasteiger partial charge on any atom is 0.387 e. The number of nitrogens with one attached hydrogen (secondary N) is 1. The highest BCUT2D eigenvalue weighted by atomic mass is 19.3. The van der Waals surface area contributed by atoms with Crippen molar-refractivity contribution in [2.45, 2.75) is 19.6 Å². The second-order valence-electron chi connectivity index (χ2n) is 5.33. The van der Waals surface area contributed by atoms with Gasteiger partial charge in [-0.2, -0.15) is 8.78 Å². The molecule has 5 nitrogen and oxygen atoms in total. The van der Waals surface area contributed by atoms with Gasteiger partial charge in [-0.05, 0) is 42.8 Å². The van der Waals surface area contributed by atoms with Crippen molar-refractivity contribution in [2.24, 2.45) is 0 Å². The summed E-state index contributed by atoms with van der Waals surface area (Å²) >= 11 is 0. The Bertz CT molecular complexity index is 783. The van der Waals surface area contributed by atoms with Crippen molar-refractivity contribution in [3.05, 3.63) is 53.3 Å². The van der Waals surface area contributed by atoms with Crippen molar-refractivity contribution in [2.75, 3.05) is 14.2 Å². The van der Waals surface area contributed by atoms with Crippen molar-refractivity contribution in [1.82, 2.24) is 5.32 Å². The average molecular weight is 369 g/mol. The summed E-state index contributed by atoms with van der Waals surface area (Å²) in [6.07, 6.45) is 0. The maximum atomic E-state index is 13.8. The Balaban J connectivity index is 2.15. The zero-order chi connectivity index (χ0) is 19.3. The van der Waals surface area contributed by atoms with Gasteiger partial charge < -0.3 is 19.5 Å². The number of methoxy groups -OCH3 is 2. The zero-order valence-electron chi connectivity index (χ0n) is 14.4. The van der Waals surface area contributed by atoms with Crippen LogP contribution in [0.2, 0.25) is 0 Å². The fourth-order valence-electron chi connectivity index (χ4n) is 2.32. The van der Waals surface area contributed by atoms with E-state index in [1.165, 1.54) is 44.6 Å². The molecule has 140 valence electrons. The van der Waals surface area contributed by atoms with Crippen molar-refractivity contribution >= 4 is 5.91 Å². The van der Waals surface area contributed by atoms with E-state index in [0.717, 1.165) is 0 Å². The molecule has 0 aliphatic heterocycles. The minimum atomic E-state index is -3.01. The summed E-state index contributed by atoms with van der Waals surface area (Å²) in [6, 6.07) is 7.71. The number of alkyl halides is 2. The Morgan fingerprint density at radius 2 is 1.65 bits per heavy atom. The van der Waals surface area contributed by atoms with E-state index in [1.54, 1.807) is 13.0 Å². The molecule has 1 unspecified atom stereocenters. The van der Waals surface area contributed by atoms with Crippen LogP contribution in [0, 0.1) is 5.82 Å². The summed E-state index contributed by atoms with van der Waals surface area (Å²) in [5, 5.41) is 2.70. The second kappa shape index (κ2) is 8.46. The molecule has 0 radical (unpaired) electrons. The first-order valence-electron chi connectivity index (χ1n) is 7.62. The first kappa shape index (κ1) is 19.4. The molecule has 0 saturated heterocycles. The van der Waals surface area contributed by atoms with Gasteiger partial charge in [-0.15, -0.1) is 0 Å². The third-order valence-corrected chi connectivity index (χ3v) is 3.67. The first-order valence-corrected chi connectivity index (χ1v) is 7.62. The lowest BCUT2D eigenvalue weighted by atomic mass is 10.1. The molecule has 0 aliphatic rings. The summed E-state index contributed by atoms with van der Waals surface area (Å²) in [5.41, 5.74) is 0.727. The molecule has 0 heterocycles. The van der Waals surface area contributed by atoms with Gasteiger partial charge in [-0.3, -0.25) is 4.79 Å². The van der Waals surface area contributed by atoms with Crippen molar-refractivity contribution in [3.63, 3.8) is 0 Å². The van der Waals surface area contributed by atoms with Crippen LogP contribution < -0.4 is 19.5 Å². The highest BCUT2D eigenvalue weighted by molar-refractivity contribution is 5.95. The number of benzene rings is 2. The standard InChI is InChI=1S/C18H18F3NO4/c1-10(11-4-6-14(24-2)13(19)8-11)22-17(23)12-5-7-15(26-18(20)21)16(9-12)25-3/h4-10,18H,1-3H3,(H,22,23). The second-order valence-corrected chi connectivity index (χ2v) is 5.33. The van der Waals surface area contributed by atoms with E-state index in [9.17, 15) is 18.0 Å². The number of carbonyl (C=O) groups excluding carboxylic acids is 1. The van der Waals surface area contributed by atoms with Crippen LogP contribution in [0.1, 0.15) is 28.9 Å². The van der Waals surface area contributed by atoms with Crippen LogP contribution in [0.5, 0.6) is 17.2 Å². The van der Waals surface area contributed by atoms with Gasteiger partial charge in [0.2, 0.25) is 0 Å². The molecule has 2 aromatic carbocycles. The number of halogens is 3. The van der Waals surface area contributed by atoms with E-state index < -0.39 is 24.4 Å². The number of rotatable bonds is 7. The third-order valence-electron chi connectivity index (χ3n) is 3.67. The van der Waals surface area contributed by atoms with Crippen LogP contribution in [0.15, 0.2) is 36.4 Å². The topological polar surface area (TPSA) is 56.8 Å². The number of amides is 1. The van der Waals surface area contributed by atoms with E-state index in [4.69, 9.17) is 9.47 Å². The quantitative estimate of drug-likeness (QED) is 0.803. The van der Waals surface area contributed by atoms with Crippen LogP contribution >= 0.6 is 0 Å². The lowest BCUT2D eigenvalue weighted by Gasteiger charge is -2.16. The molecule has 0 aliphatic carbocycles. The fraction of sp³-hybridized carbons (Fsp3) is 0.278. The van der Waals surface area contributed by atoms with Crippen LogP contribution in [0.25, 0.3) is 0 Å². The Labute approximate surface area is 148 Å². The van der Waals surface area contributed by atoms with Gasteiger partial charge in [0.25, 0.3) is 5.91 Å². The number of ether oxygens (including phenoxy) is 3. The normalized spacial score (nSPS) is 11.8. The molecule has 1 N–H and O–H groups in total. The highest BCUT2D eigenvalue weighted by Crippen LogP contribution is 2.30. The van der Waals surface area contributed by atoms with Gasteiger partial charge in [0, 0.05) is 5.56 Å². The largest absolute Gasteiger partial charge is 0.494 e. The first-order chi connectivity index (χ1) is 12.3. The molecule has 26 heavy (non-hydrogen) atoms. The predicted octanol–water partition coefficient (Wildman–Crippen LogP) is 3.94. The molecule has 2 aromatic rings. The average Bonchev–Trinajstić information content (AvgIpc) is 2.61. The molecule has 8 heteroatoms. The molecular formula is C18H18F3NO4. The minimum absolute atomic E-state index is 0.00101. The third kappa shape index (κ3) is 4.59. The number of hydrogen-bond donors (Lipinski definition) is 1.